The lowest BCUT2D eigenvalue weighted by Crippen LogP contribution is -1.89. The second-order valence-electron chi connectivity index (χ2n) is 2.00. The van der Waals surface area contributed by atoms with Crippen molar-refractivity contribution >= 4 is 46.1 Å². The van der Waals surface area contributed by atoms with Gasteiger partial charge in [-0.3, -0.25) is 0 Å². The molecule has 0 atom stereocenters. The van der Waals surface area contributed by atoms with Crippen molar-refractivity contribution in [3.8, 4) is 0 Å². The molecule has 0 fully saturated rings. The summed E-state index contributed by atoms with van der Waals surface area (Å²) in [7, 11) is 1.72. The van der Waals surface area contributed by atoms with Gasteiger partial charge in [-0.2, -0.15) is 0 Å². The van der Waals surface area contributed by atoms with E-state index < -0.39 is 0 Å². The lowest BCUT2D eigenvalue weighted by atomic mass is 10.4. The minimum Gasteiger partial charge on any atom is -0.240 e. The third-order valence-corrected chi connectivity index (χ3v) is 1.82. The van der Waals surface area contributed by atoms with Gasteiger partial charge in [-0.15, -0.1) is 0 Å². The Hall–Kier alpha value is 0.640. The first-order valence-electron chi connectivity index (χ1n) is 3.22. The summed E-state index contributed by atoms with van der Waals surface area (Å²) in [6.45, 7) is 3.82. The Morgan fingerprint density at radius 1 is 1.50 bits per heavy atom. The summed E-state index contributed by atoms with van der Waals surface area (Å²) in [6, 6.07) is 0. The number of aryl methyl sites for hydroxylation is 2. The second-order valence-corrected chi connectivity index (χ2v) is 5.81. The van der Waals surface area contributed by atoms with E-state index in [9.17, 15) is 0 Å². The summed E-state index contributed by atoms with van der Waals surface area (Å²) in [5, 5.41) is 0. The Kier molecular flexibility index (Phi) is 7.46. The average molecular weight is 361 g/mol. The third kappa shape index (κ3) is 5.31. The Labute approximate surface area is 97.7 Å². The zero-order valence-corrected chi connectivity index (χ0v) is 11.7. The van der Waals surface area contributed by atoms with E-state index in [2.05, 4.69) is 47.1 Å². The molecule has 0 aromatic carbocycles. The van der Waals surface area contributed by atoms with Gasteiger partial charge in [0.2, 0.25) is 0 Å². The van der Waals surface area contributed by atoms with Crippen molar-refractivity contribution in [2.45, 2.75) is 13.8 Å². The summed E-state index contributed by atoms with van der Waals surface area (Å²) in [5.41, 5.74) is 0.988. The summed E-state index contributed by atoms with van der Waals surface area (Å²) >= 11 is 5.51. The first-order chi connectivity index (χ1) is 5.61. The van der Waals surface area contributed by atoms with Crippen LogP contribution in [0.15, 0.2) is 10.7 Å². The van der Waals surface area contributed by atoms with Gasteiger partial charge in [-0.25, -0.2) is 9.97 Å². The molecule has 0 aliphatic carbocycles. The Morgan fingerprint density at radius 2 is 2.00 bits per heavy atom. The molecule has 5 heteroatoms. The second kappa shape index (κ2) is 7.08. The van der Waals surface area contributed by atoms with Crippen LogP contribution in [0.2, 0.25) is 0 Å². The van der Waals surface area contributed by atoms with Crippen molar-refractivity contribution in [1.29, 1.82) is 0 Å². The van der Waals surface area contributed by atoms with Crippen LogP contribution in [0, 0.1) is 13.8 Å². The smallest absolute Gasteiger partial charge is 0.125 e. The molecule has 0 saturated carbocycles. The van der Waals surface area contributed by atoms with E-state index in [1.54, 1.807) is 15.1 Å². The molecule has 0 bridgehead atoms. The van der Waals surface area contributed by atoms with Gasteiger partial charge in [0.15, 0.2) is 0 Å². The lowest BCUT2D eigenvalue weighted by Gasteiger charge is -1.94. The molecule has 0 amide bonds. The van der Waals surface area contributed by atoms with E-state index in [0.717, 1.165) is 16.0 Å². The molecule has 0 radical (unpaired) electrons. The van der Waals surface area contributed by atoms with Crippen molar-refractivity contribution in [2.75, 3.05) is 6.26 Å². The summed E-state index contributed by atoms with van der Waals surface area (Å²) in [5.74, 6) is 0.815. The Bertz CT molecular complexity index is 245. The van der Waals surface area contributed by atoms with Crippen LogP contribution in [0.4, 0.5) is 0 Å². The maximum atomic E-state index is 4.12. The number of nitrogens with zero attached hydrogens (tertiary/aromatic N) is 2. The van der Waals surface area contributed by atoms with Gasteiger partial charge in [0.05, 0.1) is 10.2 Å². The zero-order valence-electron chi connectivity index (χ0n) is 7.14. The molecule has 12 heavy (non-hydrogen) atoms. The largest absolute Gasteiger partial charge is 0.240 e. The normalized spacial score (nSPS) is 8.75. The predicted molar refractivity (Wildman–Crippen MR) is 66.7 cm³/mol. The van der Waals surface area contributed by atoms with Crippen LogP contribution in [0.1, 0.15) is 11.5 Å². The van der Waals surface area contributed by atoms with E-state index in [1.165, 1.54) is 0 Å². The molecule has 0 aliphatic rings. The van der Waals surface area contributed by atoms with E-state index in [1.807, 2.05) is 20.1 Å². The van der Waals surface area contributed by atoms with E-state index in [-0.39, 0.29) is 0 Å². The first kappa shape index (κ1) is 12.6. The molecule has 0 unspecified atom stereocenters. The van der Waals surface area contributed by atoms with Gasteiger partial charge in [-0.1, -0.05) is 8.93 Å². The molecule has 1 aromatic heterocycles. The van der Waals surface area contributed by atoms with Crippen LogP contribution in [-0.2, 0) is 0 Å². The van der Waals surface area contributed by atoms with Crippen molar-refractivity contribution in [2.24, 2.45) is 0 Å². The van der Waals surface area contributed by atoms with Crippen molar-refractivity contribution < 1.29 is 0 Å². The molecule has 0 saturated heterocycles. The molecule has 0 aliphatic heterocycles. The maximum Gasteiger partial charge on any atom is 0.125 e. The van der Waals surface area contributed by atoms with Gasteiger partial charge in [0.25, 0.3) is 0 Å². The molecule has 1 rings (SSSR count). The van der Waals surface area contributed by atoms with E-state index in [4.69, 9.17) is 0 Å². The molecule has 0 N–H and O–H groups in total. The topological polar surface area (TPSA) is 25.8 Å². The summed E-state index contributed by atoms with van der Waals surface area (Å²) in [6.07, 6.45) is 3.79. The summed E-state index contributed by atoms with van der Waals surface area (Å²) in [4.78, 5) is 8.10. The number of rotatable bonds is 0. The molecule has 1 heterocycles. The van der Waals surface area contributed by atoms with Crippen molar-refractivity contribution in [1.82, 2.24) is 9.97 Å². The molecule has 0 spiro atoms. The van der Waals surface area contributed by atoms with Crippen LogP contribution in [0.5, 0.6) is 0 Å². The standard InChI is InChI=1S/C6H7BrN2.CH3IS/c1-4-6(7)3-8-5(2)9-4;1-3-2/h3H,1-2H3;1H3. The highest BCUT2D eigenvalue weighted by molar-refractivity contribution is 14.2. The van der Waals surface area contributed by atoms with Crippen LogP contribution < -0.4 is 0 Å². The molecule has 1 aromatic rings. The van der Waals surface area contributed by atoms with Gasteiger partial charge in [-0.05, 0) is 57.2 Å². The Morgan fingerprint density at radius 3 is 2.33 bits per heavy atom. The van der Waals surface area contributed by atoms with Crippen molar-refractivity contribution in [3.63, 3.8) is 0 Å². The zero-order chi connectivity index (χ0) is 9.56. The monoisotopic (exact) mass is 360 g/mol. The fraction of sp³-hybridized carbons (Fsp3) is 0.429. The highest BCUT2D eigenvalue weighted by atomic mass is 127. The molecule has 68 valence electrons. The average Bonchev–Trinajstić information content (AvgIpc) is 1.99. The maximum absolute atomic E-state index is 4.12. The van der Waals surface area contributed by atoms with Gasteiger partial charge in [0.1, 0.15) is 5.82 Å². The minimum absolute atomic E-state index is 0.815. The highest BCUT2D eigenvalue weighted by Gasteiger charge is 1.93. The number of hydrogen-bond acceptors (Lipinski definition) is 3. The van der Waals surface area contributed by atoms with Gasteiger partial charge in [0, 0.05) is 6.20 Å². The minimum atomic E-state index is 0.815. The quantitative estimate of drug-likeness (QED) is 0.661. The van der Waals surface area contributed by atoms with Crippen molar-refractivity contribution in [3.05, 3.63) is 22.2 Å². The fourth-order valence-corrected chi connectivity index (χ4v) is 0.760. The Balaban J connectivity index is 0.000000354. The van der Waals surface area contributed by atoms with E-state index in [0.29, 0.717) is 0 Å². The first-order valence-corrected chi connectivity index (χ1v) is 7.78. The van der Waals surface area contributed by atoms with Gasteiger partial charge >= 0.3 is 0 Å². The van der Waals surface area contributed by atoms with Crippen LogP contribution >= 0.6 is 46.1 Å². The summed E-state index contributed by atoms with van der Waals surface area (Å²) < 4.78 is 0.966. The number of aromatic nitrogens is 2. The SMILES string of the molecule is CSI.Cc1ncc(Br)c(C)n1. The van der Waals surface area contributed by atoms with E-state index >= 15 is 0 Å². The molecular weight excluding hydrogens is 351 g/mol. The third-order valence-electron chi connectivity index (χ3n) is 1.04. The molecule has 2 nitrogen and oxygen atoms in total. The highest BCUT2D eigenvalue weighted by Crippen LogP contribution is 2.10. The van der Waals surface area contributed by atoms with Crippen LogP contribution in [-0.4, -0.2) is 16.2 Å². The number of halogens is 2. The lowest BCUT2D eigenvalue weighted by molar-refractivity contribution is 0.999. The van der Waals surface area contributed by atoms with Crippen LogP contribution in [0.25, 0.3) is 0 Å². The van der Waals surface area contributed by atoms with Crippen LogP contribution in [0.3, 0.4) is 0 Å². The number of hydrogen-bond donors (Lipinski definition) is 0. The predicted octanol–water partition coefficient (Wildman–Crippen LogP) is 3.56. The van der Waals surface area contributed by atoms with Gasteiger partial charge < -0.3 is 0 Å². The molecular formula is C7H10BrIN2S. The fourth-order valence-electron chi connectivity index (χ4n) is 0.568.